The Morgan fingerprint density at radius 3 is 2.60 bits per heavy atom. The van der Waals surface area contributed by atoms with E-state index < -0.39 is 10.0 Å². The molecule has 1 aliphatic heterocycles. The number of hydrogen-bond acceptors (Lipinski definition) is 3. The molecule has 0 amide bonds. The van der Waals surface area contributed by atoms with E-state index in [0.29, 0.717) is 11.4 Å². The molecule has 0 bridgehead atoms. The third-order valence-electron chi connectivity index (χ3n) is 3.97. The lowest BCUT2D eigenvalue weighted by Gasteiger charge is -2.27. The van der Waals surface area contributed by atoms with Gasteiger partial charge in [-0.25, -0.2) is 8.42 Å². The first-order chi connectivity index (χ1) is 9.46. The van der Waals surface area contributed by atoms with Crippen LogP contribution >= 0.6 is 0 Å². The smallest absolute Gasteiger partial charge is 0.243 e. The van der Waals surface area contributed by atoms with Gasteiger partial charge in [-0.3, -0.25) is 0 Å². The molecule has 5 heteroatoms. The maximum absolute atomic E-state index is 12.9. The number of benzene rings is 1. The molecule has 1 aromatic carbocycles. The Bertz CT molecular complexity index is 563. The Labute approximate surface area is 122 Å². The number of hydrogen-bond donors (Lipinski definition) is 1. The van der Waals surface area contributed by atoms with Crippen molar-refractivity contribution in [1.82, 2.24) is 9.62 Å². The van der Waals surface area contributed by atoms with Crippen molar-refractivity contribution in [3.8, 4) is 0 Å². The van der Waals surface area contributed by atoms with Crippen molar-refractivity contribution >= 4 is 10.0 Å². The fraction of sp³-hybridized carbons (Fsp3) is 0.600. The summed E-state index contributed by atoms with van der Waals surface area (Å²) in [6.07, 6.45) is 1.73. The molecule has 112 valence electrons. The second-order valence-corrected chi connectivity index (χ2v) is 7.40. The predicted octanol–water partition coefficient (Wildman–Crippen LogP) is 2.07. The van der Waals surface area contributed by atoms with Gasteiger partial charge >= 0.3 is 0 Å². The van der Waals surface area contributed by atoms with Crippen LogP contribution in [0.3, 0.4) is 0 Å². The zero-order chi connectivity index (χ0) is 14.8. The van der Waals surface area contributed by atoms with E-state index in [1.54, 1.807) is 16.4 Å². The van der Waals surface area contributed by atoms with Crippen LogP contribution in [0.5, 0.6) is 0 Å². The normalized spacial score (nSPS) is 19.7. The van der Waals surface area contributed by atoms with Crippen molar-refractivity contribution in [1.29, 1.82) is 0 Å². The summed E-state index contributed by atoms with van der Waals surface area (Å²) in [6, 6.07) is 5.49. The Morgan fingerprint density at radius 2 is 2.05 bits per heavy atom. The summed E-state index contributed by atoms with van der Waals surface area (Å²) in [5.74, 6) is 0. The molecule has 1 atom stereocenters. The quantitative estimate of drug-likeness (QED) is 0.905. The van der Waals surface area contributed by atoms with E-state index in [0.717, 1.165) is 37.1 Å². The molecule has 4 nitrogen and oxygen atoms in total. The maximum Gasteiger partial charge on any atom is 0.243 e. The first-order valence-electron chi connectivity index (χ1n) is 7.26. The van der Waals surface area contributed by atoms with E-state index >= 15 is 0 Å². The number of sulfonamides is 1. The van der Waals surface area contributed by atoms with Crippen LogP contribution in [-0.2, 0) is 10.0 Å². The Kier molecular flexibility index (Phi) is 4.83. The molecular formula is C15H24N2O2S. The average molecular weight is 296 g/mol. The lowest BCUT2D eigenvalue weighted by molar-refractivity contribution is 0.335. The van der Waals surface area contributed by atoms with Crippen molar-refractivity contribution in [2.45, 2.75) is 44.6 Å². The van der Waals surface area contributed by atoms with Gasteiger partial charge in [0.2, 0.25) is 10.0 Å². The first-order valence-corrected chi connectivity index (χ1v) is 8.70. The number of rotatable bonds is 5. The van der Waals surface area contributed by atoms with Crippen LogP contribution in [0.2, 0.25) is 0 Å². The topological polar surface area (TPSA) is 49.4 Å². The molecule has 1 aromatic rings. The van der Waals surface area contributed by atoms with Crippen molar-refractivity contribution < 1.29 is 8.42 Å². The third-order valence-corrected chi connectivity index (χ3v) is 5.92. The molecule has 1 fully saturated rings. The molecule has 1 saturated heterocycles. The molecule has 0 aromatic heterocycles. The minimum absolute atomic E-state index is 0.0848. The van der Waals surface area contributed by atoms with Gasteiger partial charge < -0.3 is 5.32 Å². The van der Waals surface area contributed by atoms with Crippen LogP contribution in [-0.4, -0.2) is 38.4 Å². The lowest BCUT2D eigenvalue weighted by atomic mass is 10.1. The largest absolute Gasteiger partial charge is 0.315 e. The average Bonchev–Trinajstić information content (AvgIpc) is 2.92. The van der Waals surface area contributed by atoms with Crippen LogP contribution in [0.25, 0.3) is 0 Å². The van der Waals surface area contributed by atoms with Gasteiger partial charge in [-0.15, -0.1) is 0 Å². The van der Waals surface area contributed by atoms with E-state index in [9.17, 15) is 8.42 Å². The molecule has 2 rings (SSSR count). The van der Waals surface area contributed by atoms with Crippen molar-refractivity contribution in [2.24, 2.45) is 0 Å². The summed E-state index contributed by atoms with van der Waals surface area (Å²) in [6.45, 7) is 8.20. The molecule has 0 spiro atoms. The fourth-order valence-electron chi connectivity index (χ4n) is 2.61. The highest BCUT2D eigenvalue weighted by Crippen LogP contribution is 2.23. The van der Waals surface area contributed by atoms with Crippen molar-refractivity contribution in [3.63, 3.8) is 0 Å². The number of nitrogens with one attached hydrogen (secondary N) is 1. The van der Waals surface area contributed by atoms with Gasteiger partial charge in [0.15, 0.2) is 0 Å². The summed E-state index contributed by atoms with van der Waals surface area (Å²) in [5, 5.41) is 3.25. The van der Waals surface area contributed by atoms with Crippen LogP contribution < -0.4 is 5.32 Å². The SMILES string of the molecule is CCCN(C1CCNC1)S(=O)(=O)c1ccc(C)c(C)c1. The third kappa shape index (κ3) is 3.05. The fourth-order valence-corrected chi connectivity index (χ4v) is 4.45. The lowest BCUT2D eigenvalue weighted by Crippen LogP contribution is -2.42. The molecule has 0 aliphatic carbocycles. The molecule has 0 saturated carbocycles. The Hall–Kier alpha value is -0.910. The summed E-state index contributed by atoms with van der Waals surface area (Å²) in [7, 11) is -3.39. The van der Waals surface area contributed by atoms with E-state index in [2.05, 4.69) is 5.32 Å². The number of nitrogens with zero attached hydrogens (tertiary/aromatic N) is 1. The summed E-state index contributed by atoms with van der Waals surface area (Å²) in [5.41, 5.74) is 2.14. The van der Waals surface area contributed by atoms with Crippen LogP contribution in [0.1, 0.15) is 30.9 Å². The second-order valence-electron chi connectivity index (χ2n) is 5.51. The maximum atomic E-state index is 12.9. The van der Waals surface area contributed by atoms with Crippen LogP contribution in [0, 0.1) is 13.8 Å². The molecule has 1 aliphatic rings. The summed E-state index contributed by atoms with van der Waals surface area (Å²) in [4.78, 5) is 0.418. The van der Waals surface area contributed by atoms with Gasteiger partial charge in [0, 0.05) is 19.1 Å². The van der Waals surface area contributed by atoms with E-state index in [1.165, 1.54) is 0 Å². The number of aryl methyl sites for hydroxylation is 2. The zero-order valence-corrected chi connectivity index (χ0v) is 13.3. The predicted molar refractivity (Wildman–Crippen MR) is 81.4 cm³/mol. The van der Waals surface area contributed by atoms with Crippen LogP contribution in [0.15, 0.2) is 23.1 Å². The summed E-state index contributed by atoms with van der Waals surface area (Å²) >= 11 is 0. The van der Waals surface area contributed by atoms with Gasteiger partial charge in [-0.2, -0.15) is 4.31 Å². The van der Waals surface area contributed by atoms with Gasteiger partial charge in [0.05, 0.1) is 4.90 Å². The zero-order valence-electron chi connectivity index (χ0n) is 12.5. The van der Waals surface area contributed by atoms with E-state index in [1.807, 2.05) is 26.8 Å². The minimum atomic E-state index is -3.39. The van der Waals surface area contributed by atoms with Crippen LogP contribution in [0.4, 0.5) is 0 Å². The highest BCUT2D eigenvalue weighted by molar-refractivity contribution is 7.89. The van der Waals surface area contributed by atoms with Gasteiger partial charge in [0.25, 0.3) is 0 Å². The monoisotopic (exact) mass is 296 g/mol. The van der Waals surface area contributed by atoms with Gasteiger partial charge in [-0.1, -0.05) is 13.0 Å². The highest BCUT2D eigenvalue weighted by Gasteiger charge is 2.32. The minimum Gasteiger partial charge on any atom is -0.315 e. The molecule has 1 unspecified atom stereocenters. The Morgan fingerprint density at radius 1 is 1.30 bits per heavy atom. The van der Waals surface area contributed by atoms with E-state index in [-0.39, 0.29) is 6.04 Å². The molecule has 1 N–H and O–H groups in total. The molecule has 1 heterocycles. The van der Waals surface area contributed by atoms with E-state index in [4.69, 9.17) is 0 Å². The van der Waals surface area contributed by atoms with Crippen molar-refractivity contribution in [3.05, 3.63) is 29.3 Å². The molecule has 0 radical (unpaired) electrons. The summed E-state index contributed by atoms with van der Waals surface area (Å²) < 4.78 is 27.4. The van der Waals surface area contributed by atoms with Gasteiger partial charge in [-0.05, 0) is 56.5 Å². The Balaban J connectivity index is 2.36. The van der Waals surface area contributed by atoms with Gasteiger partial charge in [0.1, 0.15) is 0 Å². The standard InChI is InChI=1S/C15H24N2O2S/c1-4-9-17(14-7-8-16-11-14)20(18,19)15-6-5-12(2)13(3)10-15/h5-6,10,14,16H,4,7-9,11H2,1-3H3. The second kappa shape index (κ2) is 6.24. The molecular weight excluding hydrogens is 272 g/mol. The van der Waals surface area contributed by atoms with Crippen molar-refractivity contribution in [2.75, 3.05) is 19.6 Å². The molecule has 20 heavy (non-hydrogen) atoms. The highest BCUT2D eigenvalue weighted by atomic mass is 32.2. The first kappa shape index (κ1) is 15.5.